The van der Waals surface area contributed by atoms with Crippen molar-refractivity contribution < 1.29 is 9.32 Å². The number of hydrogen-bond acceptors (Lipinski definition) is 5. The molecule has 0 fully saturated rings. The van der Waals surface area contributed by atoms with E-state index < -0.39 is 0 Å². The predicted octanol–water partition coefficient (Wildman–Crippen LogP) is 2.81. The molecule has 0 bridgehead atoms. The van der Waals surface area contributed by atoms with E-state index in [0.29, 0.717) is 18.0 Å². The third kappa shape index (κ3) is 8.00. The van der Waals surface area contributed by atoms with Gasteiger partial charge in [-0.05, 0) is 24.1 Å². The van der Waals surface area contributed by atoms with Crippen LogP contribution in [0.3, 0.4) is 0 Å². The third-order valence-electron chi connectivity index (χ3n) is 4.15. The molecule has 0 saturated heterocycles. The van der Waals surface area contributed by atoms with E-state index in [-0.39, 0.29) is 35.8 Å². The third-order valence-corrected chi connectivity index (χ3v) is 4.15. The van der Waals surface area contributed by atoms with Crippen molar-refractivity contribution in [2.45, 2.75) is 39.2 Å². The van der Waals surface area contributed by atoms with Crippen molar-refractivity contribution in [3.05, 3.63) is 47.1 Å². The number of hydrogen-bond donors (Lipinski definition) is 2. The number of aromatic nitrogens is 2. The first kappa shape index (κ1) is 24.9. The molecule has 0 saturated carbocycles. The summed E-state index contributed by atoms with van der Waals surface area (Å²) in [5, 5.41) is 10.5. The summed E-state index contributed by atoms with van der Waals surface area (Å²) in [6.45, 7) is 5.45. The summed E-state index contributed by atoms with van der Waals surface area (Å²) < 4.78 is 5.24. The summed E-state index contributed by atoms with van der Waals surface area (Å²) in [7, 11) is 5.23. The van der Waals surface area contributed by atoms with Crippen LogP contribution in [0, 0.1) is 0 Å². The molecule has 0 atom stereocenters. The molecule has 0 spiro atoms. The topological polar surface area (TPSA) is 95.6 Å². The minimum absolute atomic E-state index is 0. The number of aryl methyl sites for hydroxylation is 1. The standard InChI is InChI=1S/C20H30N6O2.HI/c1-14(2)18-24-17(28-25-18)7-6-12-22-20(21-3)23-13-15-8-10-16(11-9-15)19(27)26(4)5;/h8-11,14H,6-7,12-13H2,1-5H3,(H2,21,22,23);1H. The predicted molar refractivity (Wildman–Crippen MR) is 125 cm³/mol. The van der Waals surface area contributed by atoms with Gasteiger partial charge in [-0.25, -0.2) is 0 Å². The first-order valence-electron chi connectivity index (χ1n) is 9.48. The molecule has 0 aliphatic rings. The number of carbonyl (C=O) groups is 1. The summed E-state index contributed by atoms with van der Waals surface area (Å²) in [6, 6.07) is 7.56. The molecule has 1 heterocycles. The van der Waals surface area contributed by atoms with E-state index in [9.17, 15) is 4.79 Å². The summed E-state index contributed by atoms with van der Waals surface area (Å²) in [6.07, 6.45) is 1.59. The van der Waals surface area contributed by atoms with Crippen LogP contribution >= 0.6 is 24.0 Å². The fraction of sp³-hybridized carbons (Fsp3) is 0.500. The van der Waals surface area contributed by atoms with Crippen LogP contribution in [0.1, 0.15) is 53.8 Å². The maximum atomic E-state index is 11.9. The van der Waals surface area contributed by atoms with Crippen LogP contribution in [0.5, 0.6) is 0 Å². The molecule has 160 valence electrons. The highest BCUT2D eigenvalue weighted by Gasteiger charge is 2.09. The molecule has 9 heteroatoms. The quantitative estimate of drug-likeness (QED) is 0.244. The molecule has 0 aliphatic carbocycles. The van der Waals surface area contributed by atoms with Crippen molar-refractivity contribution in [2.24, 2.45) is 4.99 Å². The maximum absolute atomic E-state index is 11.9. The maximum Gasteiger partial charge on any atom is 0.253 e. The van der Waals surface area contributed by atoms with Gasteiger partial charge in [0.1, 0.15) is 0 Å². The van der Waals surface area contributed by atoms with Crippen LogP contribution in [0.4, 0.5) is 0 Å². The Morgan fingerprint density at radius 2 is 1.90 bits per heavy atom. The minimum atomic E-state index is -0.00116. The average molecular weight is 514 g/mol. The fourth-order valence-electron chi connectivity index (χ4n) is 2.48. The first-order chi connectivity index (χ1) is 13.4. The van der Waals surface area contributed by atoms with Crippen LogP contribution in [-0.4, -0.2) is 54.6 Å². The van der Waals surface area contributed by atoms with Crippen molar-refractivity contribution in [2.75, 3.05) is 27.7 Å². The van der Waals surface area contributed by atoms with E-state index in [1.165, 1.54) is 0 Å². The Labute approximate surface area is 189 Å². The molecule has 2 N–H and O–H groups in total. The van der Waals surface area contributed by atoms with Crippen molar-refractivity contribution in [3.63, 3.8) is 0 Å². The van der Waals surface area contributed by atoms with Gasteiger partial charge < -0.3 is 20.1 Å². The van der Waals surface area contributed by atoms with Crippen molar-refractivity contribution in [1.29, 1.82) is 0 Å². The lowest BCUT2D eigenvalue weighted by Gasteiger charge is -2.13. The molecule has 2 aromatic rings. The lowest BCUT2D eigenvalue weighted by molar-refractivity contribution is 0.0827. The van der Waals surface area contributed by atoms with E-state index in [1.807, 2.05) is 38.1 Å². The number of amides is 1. The normalized spacial score (nSPS) is 11.2. The van der Waals surface area contributed by atoms with Gasteiger partial charge in [0.2, 0.25) is 5.89 Å². The van der Waals surface area contributed by atoms with Gasteiger partial charge in [-0.1, -0.05) is 31.1 Å². The van der Waals surface area contributed by atoms with Gasteiger partial charge in [0.15, 0.2) is 11.8 Å². The monoisotopic (exact) mass is 514 g/mol. The SMILES string of the molecule is CN=C(NCCCc1nc(C(C)C)no1)NCc1ccc(C(=O)N(C)C)cc1.I. The second-order valence-electron chi connectivity index (χ2n) is 7.05. The number of halogens is 1. The highest BCUT2D eigenvalue weighted by Crippen LogP contribution is 2.10. The first-order valence-corrected chi connectivity index (χ1v) is 9.48. The molecule has 1 amide bonds. The van der Waals surface area contributed by atoms with Gasteiger partial charge in [-0.2, -0.15) is 4.98 Å². The largest absolute Gasteiger partial charge is 0.356 e. The molecule has 1 aromatic heterocycles. The Morgan fingerprint density at radius 1 is 1.21 bits per heavy atom. The van der Waals surface area contributed by atoms with E-state index in [1.54, 1.807) is 26.0 Å². The zero-order valence-corrected chi connectivity index (χ0v) is 20.1. The molecule has 0 unspecified atom stereocenters. The summed E-state index contributed by atoms with van der Waals surface area (Å²) in [5.74, 6) is 2.41. The van der Waals surface area contributed by atoms with Crippen LogP contribution in [-0.2, 0) is 13.0 Å². The lowest BCUT2D eigenvalue weighted by Crippen LogP contribution is -2.37. The van der Waals surface area contributed by atoms with Crippen molar-refractivity contribution in [3.8, 4) is 0 Å². The Hall–Kier alpha value is -2.17. The Balaban J connectivity index is 0.00000420. The molecule has 29 heavy (non-hydrogen) atoms. The van der Waals surface area contributed by atoms with Gasteiger partial charge in [0.05, 0.1) is 0 Å². The molecule has 8 nitrogen and oxygen atoms in total. The number of carbonyl (C=O) groups excluding carboxylic acids is 1. The van der Waals surface area contributed by atoms with Gasteiger partial charge >= 0.3 is 0 Å². The van der Waals surface area contributed by atoms with Gasteiger partial charge in [0.25, 0.3) is 5.91 Å². The second-order valence-corrected chi connectivity index (χ2v) is 7.05. The minimum Gasteiger partial charge on any atom is -0.356 e. The van der Waals surface area contributed by atoms with E-state index >= 15 is 0 Å². The van der Waals surface area contributed by atoms with Crippen molar-refractivity contribution >= 4 is 35.8 Å². The van der Waals surface area contributed by atoms with Crippen LogP contribution < -0.4 is 10.6 Å². The van der Waals surface area contributed by atoms with Gasteiger partial charge in [-0.15, -0.1) is 24.0 Å². The summed E-state index contributed by atoms with van der Waals surface area (Å²) in [4.78, 5) is 22.1. The van der Waals surface area contributed by atoms with E-state index in [4.69, 9.17) is 4.52 Å². The molecule has 1 aromatic carbocycles. The smallest absolute Gasteiger partial charge is 0.253 e. The second kappa shape index (κ2) is 12.4. The highest BCUT2D eigenvalue weighted by molar-refractivity contribution is 14.0. The van der Waals surface area contributed by atoms with Gasteiger partial charge in [0, 0.05) is 52.1 Å². The molecule has 0 aliphatic heterocycles. The molecular weight excluding hydrogens is 483 g/mol. The zero-order valence-electron chi connectivity index (χ0n) is 17.7. The lowest BCUT2D eigenvalue weighted by atomic mass is 10.1. The highest BCUT2D eigenvalue weighted by atomic mass is 127. The summed E-state index contributed by atoms with van der Waals surface area (Å²) in [5.41, 5.74) is 1.75. The zero-order chi connectivity index (χ0) is 20.5. The number of nitrogens with zero attached hydrogens (tertiary/aromatic N) is 4. The van der Waals surface area contributed by atoms with Crippen molar-refractivity contribution in [1.82, 2.24) is 25.7 Å². The Kier molecular flexibility index (Phi) is 10.6. The number of aliphatic imine (C=N–C) groups is 1. The summed E-state index contributed by atoms with van der Waals surface area (Å²) >= 11 is 0. The van der Waals surface area contributed by atoms with E-state index in [0.717, 1.165) is 36.7 Å². The van der Waals surface area contributed by atoms with Gasteiger partial charge in [-0.3, -0.25) is 9.79 Å². The van der Waals surface area contributed by atoms with Crippen LogP contribution in [0.2, 0.25) is 0 Å². The number of nitrogens with one attached hydrogen (secondary N) is 2. The Bertz CT molecular complexity index is 787. The Morgan fingerprint density at radius 3 is 2.45 bits per heavy atom. The fourth-order valence-corrected chi connectivity index (χ4v) is 2.48. The molecule has 0 radical (unpaired) electrons. The number of benzene rings is 1. The average Bonchev–Trinajstić information content (AvgIpc) is 3.16. The van der Waals surface area contributed by atoms with E-state index in [2.05, 4.69) is 25.8 Å². The van der Waals surface area contributed by atoms with Crippen LogP contribution in [0.15, 0.2) is 33.8 Å². The number of rotatable bonds is 8. The van der Waals surface area contributed by atoms with Crippen LogP contribution in [0.25, 0.3) is 0 Å². The molecular formula is C20H31IN6O2. The number of guanidine groups is 1. The molecule has 2 rings (SSSR count).